The highest BCUT2D eigenvalue weighted by Gasteiger charge is 2.16. The first-order valence-electron chi connectivity index (χ1n) is 4.83. The lowest BCUT2D eigenvalue weighted by Gasteiger charge is -2.32. The summed E-state index contributed by atoms with van der Waals surface area (Å²) in [6.45, 7) is 4.67. The van der Waals surface area contributed by atoms with Crippen LogP contribution in [0.2, 0.25) is 0 Å². The summed E-state index contributed by atoms with van der Waals surface area (Å²) in [5, 5.41) is 0. The van der Waals surface area contributed by atoms with Crippen LogP contribution in [-0.4, -0.2) is 30.8 Å². The highest BCUT2D eigenvalue weighted by molar-refractivity contribution is 5.53. The summed E-state index contributed by atoms with van der Waals surface area (Å²) in [5.74, 6) is 0. The lowest BCUT2D eigenvalue weighted by atomic mass is 10.2. The molecule has 4 heteroatoms. The zero-order valence-electron chi connectivity index (χ0n) is 8.31. The molecule has 2 heterocycles. The van der Waals surface area contributed by atoms with E-state index >= 15 is 0 Å². The van der Waals surface area contributed by atoms with Crippen molar-refractivity contribution in [3.8, 4) is 0 Å². The molecule has 0 spiro atoms. The van der Waals surface area contributed by atoms with E-state index in [0.717, 1.165) is 25.4 Å². The van der Waals surface area contributed by atoms with Crippen LogP contribution in [0.25, 0.3) is 0 Å². The fourth-order valence-electron chi connectivity index (χ4n) is 1.67. The average Bonchev–Trinajstić information content (AvgIpc) is 2.18. The van der Waals surface area contributed by atoms with Crippen LogP contribution in [0.5, 0.6) is 0 Å². The van der Waals surface area contributed by atoms with E-state index in [1.807, 2.05) is 12.3 Å². The predicted octanol–water partition coefficient (Wildman–Crippen LogP) is 0.889. The molecule has 4 nitrogen and oxygen atoms in total. The second-order valence-corrected chi connectivity index (χ2v) is 3.60. The van der Waals surface area contributed by atoms with Gasteiger partial charge in [-0.25, -0.2) is 0 Å². The zero-order chi connectivity index (χ0) is 9.97. The fourth-order valence-corrected chi connectivity index (χ4v) is 1.67. The Labute approximate surface area is 83.7 Å². The SMILES string of the molecule is CC1CN(c2cncc(N)c2)CCO1. The number of ether oxygens (including phenoxy) is 1. The summed E-state index contributed by atoms with van der Waals surface area (Å²) >= 11 is 0. The van der Waals surface area contributed by atoms with E-state index in [4.69, 9.17) is 10.5 Å². The summed E-state index contributed by atoms with van der Waals surface area (Å²) in [6, 6.07) is 1.95. The van der Waals surface area contributed by atoms with E-state index in [-0.39, 0.29) is 6.10 Å². The molecule has 0 saturated carbocycles. The van der Waals surface area contributed by atoms with Gasteiger partial charge in [-0.1, -0.05) is 0 Å². The Morgan fingerprint density at radius 3 is 3.14 bits per heavy atom. The van der Waals surface area contributed by atoms with Gasteiger partial charge in [0.15, 0.2) is 0 Å². The smallest absolute Gasteiger partial charge is 0.0722 e. The van der Waals surface area contributed by atoms with E-state index in [9.17, 15) is 0 Å². The predicted molar refractivity (Wildman–Crippen MR) is 56.3 cm³/mol. The molecule has 2 rings (SSSR count). The maximum Gasteiger partial charge on any atom is 0.0722 e. The molecule has 1 saturated heterocycles. The van der Waals surface area contributed by atoms with E-state index in [0.29, 0.717) is 5.69 Å². The molecular formula is C10H15N3O. The third-order valence-corrected chi connectivity index (χ3v) is 2.35. The second-order valence-electron chi connectivity index (χ2n) is 3.60. The summed E-state index contributed by atoms with van der Waals surface area (Å²) in [6.07, 6.45) is 3.78. The number of nitrogens with two attached hydrogens (primary N) is 1. The Kier molecular flexibility index (Phi) is 2.54. The van der Waals surface area contributed by atoms with Gasteiger partial charge in [-0.3, -0.25) is 4.98 Å². The highest BCUT2D eigenvalue weighted by Crippen LogP contribution is 2.18. The van der Waals surface area contributed by atoms with Crippen LogP contribution in [0, 0.1) is 0 Å². The van der Waals surface area contributed by atoms with Crippen molar-refractivity contribution in [2.45, 2.75) is 13.0 Å². The topological polar surface area (TPSA) is 51.4 Å². The van der Waals surface area contributed by atoms with Crippen LogP contribution in [0.4, 0.5) is 11.4 Å². The van der Waals surface area contributed by atoms with Crippen molar-refractivity contribution in [1.29, 1.82) is 0 Å². The van der Waals surface area contributed by atoms with Crippen molar-refractivity contribution in [2.24, 2.45) is 0 Å². The van der Waals surface area contributed by atoms with Gasteiger partial charge >= 0.3 is 0 Å². The van der Waals surface area contributed by atoms with Crippen molar-refractivity contribution in [1.82, 2.24) is 4.98 Å². The summed E-state index contributed by atoms with van der Waals surface area (Å²) < 4.78 is 5.47. The minimum atomic E-state index is 0.283. The van der Waals surface area contributed by atoms with Gasteiger partial charge in [0.2, 0.25) is 0 Å². The van der Waals surface area contributed by atoms with Gasteiger partial charge in [-0.15, -0.1) is 0 Å². The van der Waals surface area contributed by atoms with Gasteiger partial charge in [0.25, 0.3) is 0 Å². The Balaban J connectivity index is 2.14. The molecule has 1 atom stereocenters. The molecule has 1 aromatic rings. The molecule has 0 bridgehead atoms. The zero-order valence-corrected chi connectivity index (χ0v) is 8.31. The molecule has 1 aliphatic heterocycles. The van der Waals surface area contributed by atoms with Gasteiger partial charge in [0.05, 0.1) is 30.3 Å². The number of hydrogen-bond donors (Lipinski definition) is 1. The first kappa shape index (κ1) is 9.27. The Morgan fingerprint density at radius 2 is 2.43 bits per heavy atom. The normalized spacial score (nSPS) is 22.4. The van der Waals surface area contributed by atoms with Crippen LogP contribution >= 0.6 is 0 Å². The molecule has 2 N–H and O–H groups in total. The van der Waals surface area contributed by atoms with Gasteiger partial charge in [-0.2, -0.15) is 0 Å². The molecule has 1 fully saturated rings. The third-order valence-electron chi connectivity index (χ3n) is 2.35. The van der Waals surface area contributed by atoms with Gasteiger partial charge in [0.1, 0.15) is 0 Å². The van der Waals surface area contributed by atoms with Crippen molar-refractivity contribution < 1.29 is 4.74 Å². The molecule has 0 aromatic carbocycles. The number of pyridine rings is 1. The number of nitrogens with zero attached hydrogens (tertiary/aromatic N) is 2. The fraction of sp³-hybridized carbons (Fsp3) is 0.500. The van der Waals surface area contributed by atoms with E-state index in [2.05, 4.69) is 16.8 Å². The standard InChI is InChI=1S/C10H15N3O/c1-8-7-13(2-3-14-8)10-4-9(11)5-12-6-10/h4-6,8H,2-3,7,11H2,1H3. The van der Waals surface area contributed by atoms with Crippen molar-refractivity contribution >= 4 is 11.4 Å². The number of anilines is 2. The Morgan fingerprint density at radius 1 is 1.57 bits per heavy atom. The molecule has 76 valence electrons. The van der Waals surface area contributed by atoms with Crippen LogP contribution in [0.3, 0.4) is 0 Å². The molecule has 0 radical (unpaired) electrons. The third kappa shape index (κ3) is 1.96. The monoisotopic (exact) mass is 193 g/mol. The first-order valence-corrected chi connectivity index (χ1v) is 4.83. The number of nitrogen functional groups attached to an aromatic ring is 1. The van der Waals surface area contributed by atoms with Crippen molar-refractivity contribution in [3.05, 3.63) is 18.5 Å². The van der Waals surface area contributed by atoms with Crippen LogP contribution in [0.1, 0.15) is 6.92 Å². The average molecular weight is 193 g/mol. The minimum absolute atomic E-state index is 0.283. The molecule has 0 aliphatic carbocycles. The molecular weight excluding hydrogens is 178 g/mol. The Hall–Kier alpha value is -1.29. The van der Waals surface area contributed by atoms with Crippen LogP contribution in [0.15, 0.2) is 18.5 Å². The number of morpholine rings is 1. The number of rotatable bonds is 1. The van der Waals surface area contributed by atoms with Crippen molar-refractivity contribution in [2.75, 3.05) is 30.3 Å². The number of hydrogen-bond acceptors (Lipinski definition) is 4. The Bertz CT molecular complexity index is 316. The van der Waals surface area contributed by atoms with Gasteiger partial charge < -0.3 is 15.4 Å². The highest BCUT2D eigenvalue weighted by atomic mass is 16.5. The molecule has 0 amide bonds. The van der Waals surface area contributed by atoms with E-state index < -0.39 is 0 Å². The molecule has 14 heavy (non-hydrogen) atoms. The van der Waals surface area contributed by atoms with Crippen LogP contribution < -0.4 is 10.6 Å². The van der Waals surface area contributed by atoms with E-state index in [1.54, 1.807) is 6.20 Å². The lowest BCUT2D eigenvalue weighted by Crippen LogP contribution is -2.41. The molecule has 1 aromatic heterocycles. The largest absolute Gasteiger partial charge is 0.397 e. The maximum absolute atomic E-state index is 5.68. The van der Waals surface area contributed by atoms with Gasteiger partial charge in [0, 0.05) is 19.3 Å². The minimum Gasteiger partial charge on any atom is -0.397 e. The van der Waals surface area contributed by atoms with E-state index in [1.165, 1.54) is 0 Å². The lowest BCUT2D eigenvalue weighted by molar-refractivity contribution is 0.0532. The second kappa shape index (κ2) is 3.84. The summed E-state index contributed by atoms with van der Waals surface area (Å²) in [4.78, 5) is 6.32. The van der Waals surface area contributed by atoms with Crippen molar-refractivity contribution in [3.63, 3.8) is 0 Å². The van der Waals surface area contributed by atoms with Crippen LogP contribution in [-0.2, 0) is 4.74 Å². The number of aromatic nitrogens is 1. The maximum atomic E-state index is 5.68. The summed E-state index contributed by atoms with van der Waals surface area (Å²) in [7, 11) is 0. The first-order chi connectivity index (χ1) is 6.75. The van der Waals surface area contributed by atoms with Gasteiger partial charge in [-0.05, 0) is 13.0 Å². The molecule has 1 aliphatic rings. The summed E-state index contributed by atoms with van der Waals surface area (Å²) in [5.41, 5.74) is 7.47. The quantitative estimate of drug-likeness (QED) is 0.719. The molecule has 1 unspecified atom stereocenters.